The van der Waals surface area contributed by atoms with Gasteiger partial charge in [-0.3, -0.25) is 4.79 Å². The highest BCUT2D eigenvalue weighted by atomic mass is 19.1. The average molecular weight is 418 g/mol. The van der Waals surface area contributed by atoms with Crippen LogP contribution in [-0.4, -0.2) is 17.0 Å². The lowest BCUT2D eigenvalue weighted by molar-refractivity contribution is 0.0696. The number of nitrogens with one attached hydrogen (secondary N) is 2. The van der Waals surface area contributed by atoms with Crippen LogP contribution in [0.2, 0.25) is 0 Å². The number of carbonyl (C=O) groups excluding carboxylic acids is 1. The summed E-state index contributed by atoms with van der Waals surface area (Å²) in [5.74, 6) is -1.80. The minimum absolute atomic E-state index is 0.0952. The van der Waals surface area contributed by atoms with Gasteiger partial charge < -0.3 is 15.7 Å². The molecule has 0 aliphatic carbocycles. The van der Waals surface area contributed by atoms with Crippen molar-refractivity contribution in [3.63, 3.8) is 0 Å². The van der Waals surface area contributed by atoms with Gasteiger partial charge in [-0.05, 0) is 65.4 Å². The number of amides is 1. The first-order chi connectivity index (χ1) is 14.7. The standard InChI is InChI=1S/C25H23FN2O3/c1-25(2)14-22(27-21-11-10-16(24(30)31)13-19(21)25)18-8-3-4-9-20(18)28-23(29)15-6-5-7-17(26)12-15/h3-13,22,27H,14H2,1-2H3,(H,28,29)(H,30,31). The van der Waals surface area contributed by atoms with E-state index in [0.29, 0.717) is 12.1 Å². The number of carbonyl (C=O) groups is 2. The fourth-order valence-corrected chi connectivity index (χ4v) is 4.15. The minimum atomic E-state index is -0.953. The molecule has 0 bridgehead atoms. The number of carboxylic acid groups (broad SMARTS) is 1. The molecule has 3 aromatic rings. The zero-order valence-electron chi connectivity index (χ0n) is 17.3. The van der Waals surface area contributed by atoms with Gasteiger partial charge in [-0.1, -0.05) is 38.1 Å². The second-order valence-corrected chi connectivity index (χ2v) is 8.40. The Morgan fingerprint density at radius 3 is 2.55 bits per heavy atom. The van der Waals surface area contributed by atoms with Crippen LogP contribution in [0.15, 0.2) is 66.7 Å². The zero-order valence-corrected chi connectivity index (χ0v) is 17.3. The molecule has 3 N–H and O–H groups in total. The largest absolute Gasteiger partial charge is 0.478 e. The number of hydrogen-bond donors (Lipinski definition) is 3. The van der Waals surface area contributed by atoms with Gasteiger partial charge in [0.2, 0.25) is 0 Å². The number of fused-ring (bicyclic) bond motifs is 1. The van der Waals surface area contributed by atoms with Gasteiger partial charge >= 0.3 is 5.97 Å². The van der Waals surface area contributed by atoms with Gasteiger partial charge in [0.1, 0.15) is 5.82 Å². The Hall–Kier alpha value is -3.67. The summed E-state index contributed by atoms with van der Waals surface area (Å²) in [6.45, 7) is 4.17. The summed E-state index contributed by atoms with van der Waals surface area (Å²) in [7, 11) is 0. The van der Waals surface area contributed by atoms with Crippen LogP contribution >= 0.6 is 0 Å². The Morgan fingerprint density at radius 1 is 1.03 bits per heavy atom. The van der Waals surface area contributed by atoms with E-state index in [1.807, 2.05) is 24.3 Å². The monoisotopic (exact) mass is 418 g/mol. The van der Waals surface area contributed by atoms with Crippen LogP contribution in [0.5, 0.6) is 0 Å². The van der Waals surface area contributed by atoms with E-state index in [0.717, 1.165) is 16.8 Å². The van der Waals surface area contributed by atoms with Crippen molar-refractivity contribution < 1.29 is 19.1 Å². The Balaban J connectivity index is 1.65. The number of rotatable bonds is 4. The smallest absolute Gasteiger partial charge is 0.335 e. The summed E-state index contributed by atoms with van der Waals surface area (Å²) in [5, 5.41) is 15.7. The molecular weight excluding hydrogens is 395 g/mol. The summed E-state index contributed by atoms with van der Waals surface area (Å²) in [4.78, 5) is 24.1. The topological polar surface area (TPSA) is 78.4 Å². The molecule has 0 saturated heterocycles. The predicted molar refractivity (Wildman–Crippen MR) is 118 cm³/mol. The van der Waals surface area contributed by atoms with Gasteiger partial charge in [0, 0.05) is 16.9 Å². The summed E-state index contributed by atoms with van der Waals surface area (Å²) in [6, 6.07) is 18.1. The molecule has 1 unspecified atom stereocenters. The minimum Gasteiger partial charge on any atom is -0.478 e. The van der Waals surface area contributed by atoms with E-state index in [1.54, 1.807) is 24.3 Å². The lowest BCUT2D eigenvalue weighted by Crippen LogP contribution is -2.32. The molecule has 3 aromatic carbocycles. The first-order valence-electron chi connectivity index (χ1n) is 10.0. The van der Waals surface area contributed by atoms with Crippen molar-refractivity contribution in [3.05, 3.63) is 94.8 Å². The maximum absolute atomic E-state index is 13.5. The summed E-state index contributed by atoms with van der Waals surface area (Å²) < 4.78 is 13.5. The summed E-state index contributed by atoms with van der Waals surface area (Å²) >= 11 is 0. The number of carboxylic acids is 1. The SMILES string of the molecule is CC1(C)CC(c2ccccc2NC(=O)c2cccc(F)c2)Nc2ccc(C(=O)O)cc21. The van der Waals surface area contributed by atoms with Crippen LogP contribution in [0.25, 0.3) is 0 Å². The van der Waals surface area contributed by atoms with Crippen molar-refractivity contribution in [1.29, 1.82) is 0 Å². The molecule has 5 nitrogen and oxygen atoms in total. The molecule has 0 radical (unpaired) electrons. The highest BCUT2D eigenvalue weighted by molar-refractivity contribution is 6.04. The second-order valence-electron chi connectivity index (χ2n) is 8.40. The molecule has 0 spiro atoms. The predicted octanol–water partition coefficient (Wildman–Crippen LogP) is 5.61. The lowest BCUT2D eigenvalue weighted by atomic mass is 9.73. The molecule has 4 rings (SSSR count). The number of halogens is 1. The molecule has 1 aliphatic heterocycles. The third kappa shape index (κ3) is 4.14. The van der Waals surface area contributed by atoms with Crippen molar-refractivity contribution in [1.82, 2.24) is 0 Å². The second kappa shape index (κ2) is 7.87. The van der Waals surface area contributed by atoms with Crippen LogP contribution in [0.4, 0.5) is 15.8 Å². The highest BCUT2D eigenvalue weighted by Gasteiger charge is 2.35. The lowest BCUT2D eigenvalue weighted by Gasteiger charge is -2.39. The first kappa shape index (κ1) is 20.6. The number of hydrogen-bond acceptors (Lipinski definition) is 3. The molecule has 1 atom stereocenters. The Morgan fingerprint density at radius 2 is 1.81 bits per heavy atom. The molecule has 0 aromatic heterocycles. The maximum atomic E-state index is 13.5. The third-order valence-corrected chi connectivity index (χ3v) is 5.71. The molecule has 0 saturated carbocycles. The van der Waals surface area contributed by atoms with Crippen LogP contribution in [0.1, 0.15) is 58.2 Å². The van der Waals surface area contributed by atoms with E-state index in [9.17, 15) is 19.1 Å². The zero-order chi connectivity index (χ0) is 22.2. The van der Waals surface area contributed by atoms with Crippen molar-refractivity contribution >= 4 is 23.3 Å². The Labute approximate surface area is 179 Å². The molecule has 6 heteroatoms. The van der Waals surface area contributed by atoms with Gasteiger partial charge in [0.25, 0.3) is 5.91 Å². The number of benzene rings is 3. The molecule has 1 aliphatic rings. The average Bonchev–Trinajstić information content (AvgIpc) is 2.73. The van der Waals surface area contributed by atoms with Crippen LogP contribution in [0, 0.1) is 5.82 Å². The fraction of sp³-hybridized carbons (Fsp3) is 0.200. The van der Waals surface area contributed by atoms with Crippen LogP contribution < -0.4 is 10.6 Å². The van der Waals surface area contributed by atoms with Crippen molar-refractivity contribution in [2.75, 3.05) is 10.6 Å². The normalized spacial score (nSPS) is 16.7. The van der Waals surface area contributed by atoms with Crippen molar-refractivity contribution in [2.45, 2.75) is 31.7 Å². The van der Waals surface area contributed by atoms with Gasteiger partial charge in [-0.2, -0.15) is 0 Å². The molecule has 158 valence electrons. The van der Waals surface area contributed by atoms with Gasteiger partial charge in [0.15, 0.2) is 0 Å². The van der Waals surface area contributed by atoms with Crippen LogP contribution in [0.3, 0.4) is 0 Å². The summed E-state index contributed by atoms with van der Waals surface area (Å²) in [5.41, 5.74) is 3.61. The number of para-hydroxylation sites is 1. The van der Waals surface area contributed by atoms with E-state index >= 15 is 0 Å². The first-order valence-corrected chi connectivity index (χ1v) is 10.0. The van der Waals surface area contributed by atoms with E-state index in [4.69, 9.17) is 0 Å². The molecule has 1 heterocycles. The van der Waals surface area contributed by atoms with Gasteiger partial charge in [-0.25, -0.2) is 9.18 Å². The Bertz CT molecular complexity index is 1170. The van der Waals surface area contributed by atoms with Crippen LogP contribution in [-0.2, 0) is 5.41 Å². The molecule has 1 amide bonds. The third-order valence-electron chi connectivity index (χ3n) is 5.71. The Kier molecular flexibility index (Phi) is 5.23. The van der Waals surface area contributed by atoms with Gasteiger partial charge in [-0.15, -0.1) is 0 Å². The van der Waals surface area contributed by atoms with E-state index < -0.39 is 11.8 Å². The molecular formula is C25H23FN2O3. The van der Waals surface area contributed by atoms with Crippen molar-refractivity contribution in [3.8, 4) is 0 Å². The van der Waals surface area contributed by atoms with Gasteiger partial charge in [0.05, 0.1) is 11.6 Å². The van der Waals surface area contributed by atoms with E-state index in [1.165, 1.54) is 18.2 Å². The fourth-order valence-electron chi connectivity index (χ4n) is 4.15. The highest BCUT2D eigenvalue weighted by Crippen LogP contribution is 2.45. The molecule has 31 heavy (non-hydrogen) atoms. The van der Waals surface area contributed by atoms with Crippen molar-refractivity contribution in [2.24, 2.45) is 0 Å². The van der Waals surface area contributed by atoms with E-state index in [2.05, 4.69) is 24.5 Å². The number of anilines is 2. The summed E-state index contributed by atoms with van der Waals surface area (Å²) in [6.07, 6.45) is 0.704. The number of aromatic carboxylic acids is 1. The maximum Gasteiger partial charge on any atom is 0.335 e. The van der Waals surface area contributed by atoms with E-state index in [-0.39, 0.29) is 28.5 Å². The molecule has 0 fully saturated rings. The quantitative estimate of drug-likeness (QED) is 0.515.